The van der Waals surface area contributed by atoms with Crippen molar-refractivity contribution in [3.8, 4) is 17.2 Å². The molecule has 1 N–H and O–H groups in total. The fraction of sp³-hybridized carbons (Fsp3) is 0.455. The van der Waals surface area contributed by atoms with Gasteiger partial charge in [0.2, 0.25) is 11.6 Å². The second-order valence-electron chi connectivity index (χ2n) is 8.33. The van der Waals surface area contributed by atoms with E-state index in [1.807, 2.05) is 19.1 Å². The van der Waals surface area contributed by atoms with Crippen molar-refractivity contribution in [2.45, 2.75) is 39.5 Å². The lowest BCUT2D eigenvalue weighted by molar-refractivity contribution is -0.118. The molecule has 29 heavy (non-hydrogen) atoms. The molecule has 1 atom stereocenters. The number of fused-ring (bicyclic) bond motifs is 1. The van der Waals surface area contributed by atoms with E-state index in [1.54, 1.807) is 21.3 Å². The van der Waals surface area contributed by atoms with Crippen LogP contribution in [-0.2, 0) is 4.79 Å². The minimum atomic E-state index is -0.356. The van der Waals surface area contributed by atoms with Crippen LogP contribution in [0, 0.1) is 12.3 Å². The molecule has 7 nitrogen and oxygen atoms in total. The zero-order valence-corrected chi connectivity index (χ0v) is 17.6. The first-order valence-electron chi connectivity index (χ1n) is 9.59. The van der Waals surface area contributed by atoms with Crippen molar-refractivity contribution in [2.24, 2.45) is 5.41 Å². The summed E-state index contributed by atoms with van der Waals surface area (Å²) in [6.07, 6.45) is 1.23. The first kappa shape index (κ1) is 19.4. The van der Waals surface area contributed by atoms with E-state index >= 15 is 0 Å². The summed E-state index contributed by atoms with van der Waals surface area (Å²) in [6.45, 7) is 6.08. The molecule has 1 aromatic heterocycles. The van der Waals surface area contributed by atoms with Crippen LogP contribution in [0.1, 0.15) is 49.4 Å². The lowest BCUT2D eigenvalue weighted by Gasteiger charge is -2.38. The number of hydrogen-bond acceptors (Lipinski definition) is 7. The molecule has 1 unspecified atom stereocenters. The van der Waals surface area contributed by atoms with Gasteiger partial charge in [-0.1, -0.05) is 25.1 Å². The van der Waals surface area contributed by atoms with Gasteiger partial charge in [-0.15, -0.1) is 0 Å². The fourth-order valence-corrected chi connectivity index (χ4v) is 4.53. The van der Waals surface area contributed by atoms with Crippen molar-refractivity contribution < 1.29 is 23.5 Å². The van der Waals surface area contributed by atoms with Gasteiger partial charge < -0.3 is 24.1 Å². The predicted molar refractivity (Wildman–Crippen MR) is 108 cm³/mol. The van der Waals surface area contributed by atoms with E-state index in [0.29, 0.717) is 29.6 Å². The number of nitrogens with one attached hydrogen (secondary N) is 1. The maximum absolute atomic E-state index is 13.3. The molecule has 0 spiro atoms. The number of Topliss-reactive ketones (excluding diaryl/α,β-unsaturated/α-hetero) is 1. The summed E-state index contributed by atoms with van der Waals surface area (Å²) in [6, 6.07) is 3.75. The number of aromatic nitrogens is 1. The van der Waals surface area contributed by atoms with Crippen LogP contribution >= 0.6 is 0 Å². The molecule has 0 saturated carbocycles. The van der Waals surface area contributed by atoms with Gasteiger partial charge in [0.1, 0.15) is 0 Å². The van der Waals surface area contributed by atoms with Crippen LogP contribution in [0.4, 0.5) is 5.88 Å². The molecule has 1 aliphatic carbocycles. The molecule has 2 heterocycles. The van der Waals surface area contributed by atoms with E-state index < -0.39 is 0 Å². The largest absolute Gasteiger partial charge is 0.493 e. The Kier molecular flexibility index (Phi) is 4.56. The Labute approximate surface area is 170 Å². The molecule has 0 amide bonds. The smallest absolute Gasteiger partial charge is 0.233 e. The number of nitrogens with zero attached hydrogens (tertiary/aromatic N) is 1. The van der Waals surface area contributed by atoms with E-state index in [4.69, 9.17) is 18.7 Å². The molecule has 7 heteroatoms. The third kappa shape index (κ3) is 2.96. The van der Waals surface area contributed by atoms with Crippen molar-refractivity contribution in [3.05, 3.63) is 40.2 Å². The first-order chi connectivity index (χ1) is 13.8. The van der Waals surface area contributed by atoms with Crippen LogP contribution < -0.4 is 19.5 Å². The lowest BCUT2D eigenvalue weighted by Crippen LogP contribution is -2.33. The van der Waals surface area contributed by atoms with Gasteiger partial charge in [-0.25, -0.2) is 0 Å². The Hall–Kier alpha value is -2.96. The number of carbonyl (C=O) groups excluding carboxylic acids is 1. The van der Waals surface area contributed by atoms with Crippen LogP contribution in [-0.4, -0.2) is 32.3 Å². The summed E-state index contributed by atoms with van der Waals surface area (Å²) >= 11 is 0. The van der Waals surface area contributed by atoms with Gasteiger partial charge in [0.05, 0.1) is 38.5 Å². The van der Waals surface area contributed by atoms with Gasteiger partial charge in [-0.2, -0.15) is 0 Å². The SMILES string of the molecule is COc1ccc(C2C3=C(CC(C)(C)CC3=O)Nc3onc(C)c32)c(OC)c1OC. The van der Waals surface area contributed by atoms with Gasteiger partial charge in [0, 0.05) is 23.3 Å². The molecule has 4 rings (SSSR count). The Bertz CT molecular complexity index is 1020. The summed E-state index contributed by atoms with van der Waals surface area (Å²) in [5.74, 6) is 1.94. The molecule has 0 radical (unpaired) electrons. The van der Waals surface area contributed by atoms with Crippen molar-refractivity contribution in [2.75, 3.05) is 26.6 Å². The molecule has 2 aliphatic rings. The number of hydrogen-bond donors (Lipinski definition) is 1. The molecular formula is C22H26N2O5. The van der Waals surface area contributed by atoms with E-state index in [0.717, 1.165) is 34.5 Å². The van der Waals surface area contributed by atoms with Crippen molar-refractivity contribution in [3.63, 3.8) is 0 Å². The maximum Gasteiger partial charge on any atom is 0.233 e. The van der Waals surface area contributed by atoms with E-state index in [9.17, 15) is 4.79 Å². The number of anilines is 1. The molecule has 0 saturated heterocycles. The third-order valence-electron chi connectivity index (χ3n) is 5.72. The van der Waals surface area contributed by atoms with Gasteiger partial charge in [0.25, 0.3) is 0 Å². The first-order valence-corrected chi connectivity index (χ1v) is 9.59. The topological polar surface area (TPSA) is 82.8 Å². The molecule has 0 fully saturated rings. The fourth-order valence-electron chi connectivity index (χ4n) is 4.53. The van der Waals surface area contributed by atoms with Crippen LogP contribution in [0.2, 0.25) is 0 Å². The Balaban J connectivity index is 2.00. The zero-order chi connectivity index (χ0) is 20.9. The standard InChI is InChI=1S/C22H26N2O5/c1-11-16-17(12-7-8-15(26-4)20(28-6)19(12)27-5)18-13(23-21(16)29-24-11)9-22(2,3)10-14(18)25/h7-8,17,23H,9-10H2,1-6H3. The number of carbonyl (C=O) groups is 1. The molecular weight excluding hydrogens is 372 g/mol. The average molecular weight is 398 g/mol. The summed E-state index contributed by atoms with van der Waals surface area (Å²) in [4.78, 5) is 13.3. The van der Waals surface area contributed by atoms with E-state index in [1.165, 1.54) is 0 Å². The number of ether oxygens (including phenoxy) is 3. The summed E-state index contributed by atoms with van der Waals surface area (Å²) < 4.78 is 22.3. The van der Waals surface area contributed by atoms with Gasteiger partial charge in [-0.3, -0.25) is 4.79 Å². The summed E-state index contributed by atoms with van der Waals surface area (Å²) in [5, 5.41) is 7.48. The monoisotopic (exact) mass is 398 g/mol. The number of aryl methyl sites for hydroxylation is 1. The van der Waals surface area contributed by atoms with Crippen molar-refractivity contribution in [1.29, 1.82) is 0 Å². The van der Waals surface area contributed by atoms with Crippen LogP contribution in [0.3, 0.4) is 0 Å². The highest BCUT2D eigenvalue weighted by atomic mass is 16.5. The second-order valence-corrected chi connectivity index (χ2v) is 8.33. The minimum absolute atomic E-state index is 0.122. The molecule has 0 bridgehead atoms. The number of ketones is 1. The quantitative estimate of drug-likeness (QED) is 0.826. The molecule has 1 aromatic carbocycles. The van der Waals surface area contributed by atoms with Gasteiger partial charge in [-0.05, 0) is 24.8 Å². The average Bonchev–Trinajstić information content (AvgIpc) is 3.04. The Morgan fingerprint density at radius 3 is 2.48 bits per heavy atom. The summed E-state index contributed by atoms with van der Waals surface area (Å²) in [5.41, 5.74) is 3.91. The van der Waals surface area contributed by atoms with E-state index in [-0.39, 0.29) is 17.1 Å². The molecule has 154 valence electrons. The molecule has 1 aliphatic heterocycles. The summed E-state index contributed by atoms with van der Waals surface area (Å²) in [7, 11) is 4.74. The highest BCUT2D eigenvalue weighted by Crippen LogP contribution is 2.53. The normalized spacial score (nSPS) is 19.9. The van der Waals surface area contributed by atoms with Crippen LogP contribution in [0.25, 0.3) is 0 Å². The van der Waals surface area contributed by atoms with Crippen LogP contribution in [0.5, 0.6) is 17.2 Å². The van der Waals surface area contributed by atoms with E-state index in [2.05, 4.69) is 24.3 Å². The zero-order valence-electron chi connectivity index (χ0n) is 17.6. The van der Waals surface area contributed by atoms with Crippen molar-refractivity contribution >= 4 is 11.7 Å². The number of benzene rings is 1. The predicted octanol–water partition coefficient (Wildman–Crippen LogP) is 4.21. The highest BCUT2D eigenvalue weighted by Gasteiger charge is 2.44. The number of allylic oxidation sites excluding steroid dienone is 2. The lowest BCUT2D eigenvalue weighted by atomic mass is 9.69. The highest BCUT2D eigenvalue weighted by molar-refractivity contribution is 6.01. The molecule has 2 aromatic rings. The third-order valence-corrected chi connectivity index (χ3v) is 5.72. The van der Waals surface area contributed by atoms with Crippen molar-refractivity contribution in [1.82, 2.24) is 5.16 Å². The minimum Gasteiger partial charge on any atom is -0.493 e. The van der Waals surface area contributed by atoms with Gasteiger partial charge in [0.15, 0.2) is 17.3 Å². The Morgan fingerprint density at radius 1 is 1.10 bits per heavy atom. The maximum atomic E-state index is 13.3. The van der Waals surface area contributed by atoms with Gasteiger partial charge >= 0.3 is 0 Å². The Morgan fingerprint density at radius 2 is 1.83 bits per heavy atom. The number of rotatable bonds is 4. The number of methoxy groups -OCH3 is 3. The second kappa shape index (κ2) is 6.83. The van der Waals surface area contributed by atoms with Crippen LogP contribution in [0.15, 0.2) is 27.9 Å².